The number of carbonyl (C=O) groups excluding carboxylic acids is 1. The van der Waals surface area contributed by atoms with Gasteiger partial charge < -0.3 is 19.5 Å². The number of carbonyl (C=O) groups is 1. The van der Waals surface area contributed by atoms with Crippen molar-refractivity contribution in [1.82, 2.24) is 9.55 Å². The molecule has 35 heavy (non-hydrogen) atoms. The molecule has 1 fully saturated rings. The highest BCUT2D eigenvalue weighted by atomic mass is 19.1. The van der Waals surface area contributed by atoms with Crippen LogP contribution in [-0.4, -0.2) is 35.2 Å². The van der Waals surface area contributed by atoms with Gasteiger partial charge in [0, 0.05) is 24.7 Å². The predicted octanol–water partition coefficient (Wildman–Crippen LogP) is 5.48. The molecule has 1 saturated heterocycles. The van der Waals surface area contributed by atoms with Crippen molar-refractivity contribution in [2.24, 2.45) is 5.92 Å². The Kier molecular flexibility index (Phi) is 6.66. The molecular weight excluding hydrogens is 443 g/mol. The van der Waals surface area contributed by atoms with Crippen molar-refractivity contribution < 1.29 is 13.9 Å². The number of piperidine rings is 1. The molecule has 0 unspecified atom stereocenters. The quantitative estimate of drug-likeness (QED) is 0.387. The van der Waals surface area contributed by atoms with Gasteiger partial charge in [-0.05, 0) is 73.9 Å². The van der Waals surface area contributed by atoms with Crippen LogP contribution in [0.25, 0.3) is 11.0 Å². The van der Waals surface area contributed by atoms with Gasteiger partial charge in [-0.3, -0.25) is 4.79 Å². The average Bonchev–Trinajstić information content (AvgIpc) is 3.24. The number of ether oxygens (including phenoxy) is 1. The van der Waals surface area contributed by atoms with Gasteiger partial charge >= 0.3 is 0 Å². The molecule has 0 spiro atoms. The number of fused-ring (bicyclic) bond motifs is 1. The summed E-state index contributed by atoms with van der Waals surface area (Å²) in [6, 6.07) is 22.2. The van der Waals surface area contributed by atoms with Crippen LogP contribution in [0.3, 0.4) is 0 Å². The maximum atomic E-state index is 13.8. The number of aromatic nitrogens is 2. The van der Waals surface area contributed by atoms with Crippen LogP contribution < -0.4 is 15.0 Å². The largest absolute Gasteiger partial charge is 0.494 e. The Labute approximate surface area is 204 Å². The number of benzene rings is 3. The highest BCUT2D eigenvalue weighted by molar-refractivity contribution is 5.92. The van der Waals surface area contributed by atoms with Gasteiger partial charge in [-0.25, -0.2) is 9.37 Å². The Bertz CT molecular complexity index is 1310. The number of nitrogens with one attached hydrogen (secondary N) is 1. The third kappa shape index (κ3) is 5.14. The number of amides is 1. The Hall–Kier alpha value is -3.87. The molecule has 4 aromatic rings. The summed E-state index contributed by atoms with van der Waals surface area (Å²) in [5, 5.41) is 3.04. The Morgan fingerprint density at radius 1 is 1.06 bits per heavy atom. The number of anilines is 2. The first kappa shape index (κ1) is 22.9. The van der Waals surface area contributed by atoms with Gasteiger partial charge in [-0.1, -0.05) is 24.3 Å². The first-order valence-corrected chi connectivity index (χ1v) is 12.1. The van der Waals surface area contributed by atoms with Crippen molar-refractivity contribution >= 4 is 28.6 Å². The molecule has 0 saturated carbocycles. The monoisotopic (exact) mass is 472 g/mol. The summed E-state index contributed by atoms with van der Waals surface area (Å²) in [5.41, 5.74) is 3.59. The van der Waals surface area contributed by atoms with E-state index in [0.29, 0.717) is 13.2 Å². The lowest BCUT2D eigenvalue weighted by molar-refractivity contribution is -0.120. The molecule has 1 aliphatic rings. The summed E-state index contributed by atoms with van der Waals surface area (Å²) < 4.78 is 21.4. The van der Waals surface area contributed by atoms with Crippen LogP contribution in [0.5, 0.6) is 5.75 Å². The summed E-state index contributed by atoms with van der Waals surface area (Å²) in [6.07, 6.45) is 1.48. The SMILES string of the molecule is CCOc1ccc(NC(=O)C2CCN(c3nc4ccccc4n3Cc3cccc(F)c3)CC2)cc1. The number of para-hydroxylation sites is 2. The van der Waals surface area contributed by atoms with E-state index in [-0.39, 0.29) is 17.6 Å². The van der Waals surface area contributed by atoms with Crippen LogP contribution in [-0.2, 0) is 11.3 Å². The summed E-state index contributed by atoms with van der Waals surface area (Å²) in [7, 11) is 0. The van der Waals surface area contributed by atoms with Gasteiger partial charge in [-0.2, -0.15) is 0 Å². The van der Waals surface area contributed by atoms with Crippen molar-refractivity contribution in [2.75, 3.05) is 29.9 Å². The normalized spacial score (nSPS) is 14.3. The van der Waals surface area contributed by atoms with Crippen molar-refractivity contribution in [3.63, 3.8) is 0 Å². The first-order valence-electron chi connectivity index (χ1n) is 12.1. The van der Waals surface area contributed by atoms with E-state index in [1.165, 1.54) is 6.07 Å². The number of nitrogens with zero attached hydrogens (tertiary/aromatic N) is 3. The molecule has 180 valence electrons. The van der Waals surface area contributed by atoms with Gasteiger partial charge in [0.2, 0.25) is 11.9 Å². The zero-order chi connectivity index (χ0) is 24.2. The standard InChI is InChI=1S/C28H29FN4O2/c1-2-35-24-12-10-23(11-13-24)30-27(34)21-14-16-32(17-15-21)28-31-25-8-3-4-9-26(25)33(28)19-20-6-5-7-22(29)18-20/h3-13,18,21H,2,14-17,19H2,1H3,(H,30,34). The molecule has 0 aliphatic carbocycles. The first-order chi connectivity index (χ1) is 17.1. The lowest BCUT2D eigenvalue weighted by Crippen LogP contribution is -2.39. The molecule has 1 aliphatic heterocycles. The van der Waals surface area contributed by atoms with Crippen molar-refractivity contribution in [3.05, 3.63) is 84.2 Å². The molecule has 6 nitrogen and oxygen atoms in total. The lowest BCUT2D eigenvalue weighted by atomic mass is 9.96. The minimum Gasteiger partial charge on any atom is -0.494 e. The third-order valence-corrected chi connectivity index (χ3v) is 6.45. The molecule has 3 aromatic carbocycles. The summed E-state index contributed by atoms with van der Waals surface area (Å²) in [6.45, 7) is 4.55. The van der Waals surface area contributed by atoms with E-state index in [1.807, 2.05) is 61.5 Å². The molecule has 5 rings (SSSR count). The van der Waals surface area contributed by atoms with Gasteiger partial charge in [0.15, 0.2) is 0 Å². The Balaban J connectivity index is 1.28. The zero-order valence-corrected chi connectivity index (χ0v) is 19.8. The van der Waals surface area contributed by atoms with Crippen molar-refractivity contribution in [3.8, 4) is 5.75 Å². The van der Waals surface area contributed by atoms with Crippen LogP contribution in [0.2, 0.25) is 0 Å². The van der Waals surface area contributed by atoms with E-state index in [0.717, 1.165) is 59.9 Å². The van der Waals surface area contributed by atoms with E-state index < -0.39 is 0 Å². The average molecular weight is 473 g/mol. The second-order valence-corrected chi connectivity index (χ2v) is 8.82. The molecule has 0 radical (unpaired) electrons. The smallest absolute Gasteiger partial charge is 0.227 e. The van der Waals surface area contributed by atoms with Gasteiger partial charge in [-0.15, -0.1) is 0 Å². The molecule has 1 aromatic heterocycles. The minimum atomic E-state index is -0.243. The van der Waals surface area contributed by atoms with E-state index >= 15 is 0 Å². The van der Waals surface area contributed by atoms with Crippen LogP contribution >= 0.6 is 0 Å². The Morgan fingerprint density at radius 2 is 1.83 bits per heavy atom. The van der Waals surface area contributed by atoms with Crippen LogP contribution in [0, 0.1) is 11.7 Å². The van der Waals surface area contributed by atoms with E-state index in [4.69, 9.17) is 9.72 Å². The maximum Gasteiger partial charge on any atom is 0.227 e. The molecule has 7 heteroatoms. The lowest BCUT2D eigenvalue weighted by Gasteiger charge is -2.32. The summed E-state index contributed by atoms with van der Waals surface area (Å²) in [4.78, 5) is 20.0. The number of rotatable bonds is 7. The number of imidazole rings is 1. The second-order valence-electron chi connectivity index (χ2n) is 8.82. The predicted molar refractivity (Wildman–Crippen MR) is 136 cm³/mol. The van der Waals surface area contributed by atoms with E-state index in [9.17, 15) is 9.18 Å². The van der Waals surface area contributed by atoms with Gasteiger partial charge in [0.05, 0.1) is 24.2 Å². The highest BCUT2D eigenvalue weighted by Gasteiger charge is 2.28. The number of hydrogen-bond donors (Lipinski definition) is 1. The second kappa shape index (κ2) is 10.2. The molecule has 2 heterocycles. The van der Waals surface area contributed by atoms with Gasteiger partial charge in [0.25, 0.3) is 0 Å². The fourth-order valence-electron chi connectivity index (χ4n) is 4.67. The van der Waals surface area contributed by atoms with Crippen LogP contribution in [0.4, 0.5) is 16.0 Å². The third-order valence-electron chi connectivity index (χ3n) is 6.45. The Morgan fingerprint density at radius 3 is 2.57 bits per heavy atom. The molecule has 1 N–H and O–H groups in total. The van der Waals surface area contributed by atoms with E-state index in [1.54, 1.807) is 12.1 Å². The fourth-order valence-corrected chi connectivity index (χ4v) is 4.67. The van der Waals surface area contributed by atoms with Crippen LogP contribution in [0.1, 0.15) is 25.3 Å². The van der Waals surface area contributed by atoms with E-state index in [2.05, 4.69) is 14.8 Å². The topological polar surface area (TPSA) is 59.4 Å². The maximum absolute atomic E-state index is 13.8. The zero-order valence-electron chi connectivity index (χ0n) is 19.8. The minimum absolute atomic E-state index is 0.0436. The van der Waals surface area contributed by atoms with Crippen molar-refractivity contribution in [1.29, 1.82) is 0 Å². The number of hydrogen-bond acceptors (Lipinski definition) is 4. The molecule has 0 atom stereocenters. The van der Waals surface area contributed by atoms with Gasteiger partial charge in [0.1, 0.15) is 11.6 Å². The molecular formula is C28H29FN4O2. The summed E-state index contributed by atoms with van der Waals surface area (Å²) in [5.74, 6) is 1.40. The number of halogens is 1. The molecule has 0 bridgehead atoms. The van der Waals surface area contributed by atoms with Crippen LogP contribution in [0.15, 0.2) is 72.8 Å². The highest BCUT2D eigenvalue weighted by Crippen LogP contribution is 2.29. The molecule has 1 amide bonds. The van der Waals surface area contributed by atoms with Crippen molar-refractivity contribution in [2.45, 2.75) is 26.3 Å². The fraction of sp³-hybridized carbons (Fsp3) is 0.286. The summed E-state index contributed by atoms with van der Waals surface area (Å²) >= 11 is 0.